The van der Waals surface area contributed by atoms with Crippen molar-refractivity contribution in [3.05, 3.63) is 83.3 Å². The molecule has 5 heteroatoms. The smallest absolute Gasteiger partial charge is 0.189 e. The standard InChI is InChI=1S/C23H22O5/c1-15(2)16-3-6-18(7-4-16)27-14-20-9-8-19(28-20)10-12-22(25)21-11-5-17(24)13-23(21)26/h3-13,15,24,26H,14H2,1-2H3/b12-10+. The van der Waals surface area contributed by atoms with Gasteiger partial charge in [0.2, 0.25) is 0 Å². The number of carbonyl (C=O) groups excluding carboxylic acids is 1. The highest BCUT2D eigenvalue weighted by Crippen LogP contribution is 2.24. The fourth-order valence-electron chi connectivity index (χ4n) is 2.64. The topological polar surface area (TPSA) is 79.9 Å². The molecule has 0 spiro atoms. The van der Waals surface area contributed by atoms with Crippen molar-refractivity contribution in [3.8, 4) is 17.2 Å². The molecule has 144 valence electrons. The van der Waals surface area contributed by atoms with Gasteiger partial charge < -0.3 is 19.4 Å². The molecule has 2 aromatic carbocycles. The largest absolute Gasteiger partial charge is 0.508 e. The first-order chi connectivity index (χ1) is 13.4. The molecule has 0 unspecified atom stereocenters. The Morgan fingerprint density at radius 3 is 2.50 bits per heavy atom. The van der Waals surface area contributed by atoms with E-state index in [0.717, 1.165) is 11.8 Å². The highest BCUT2D eigenvalue weighted by Gasteiger charge is 2.09. The summed E-state index contributed by atoms with van der Waals surface area (Å²) in [7, 11) is 0. The van der Waals surface area contributed by atoms with Crippen molar-refractivity contribution in [3.63, 3.8) is 0 Å². The number of phenolic OH excluding ortho intramolecular Hbond substituents is 2. The van der Waals surface area contributed by atoms with Crippen LogP contribution < -0.4 is 4.74 Å². The number of carbonyl (C=O) groups is 1. The molecule has 0 radical (unpaired) electrons. The van der Waals surface area contributed by atoms with Crippen molar-refractivity contribution in [2.75, 3.05) is 0 Å². The Morgan fingerprint density at radius 2 is 1.82 bits per heavy atom. The minimum Gasteiger partial charge on any atom is -0.508 e. The third-order valence-corrected chi connectivity index (χ3v) is 4.26. The lowest BCUT2D eigenvalue weighted by Crippen LogP contribution is -1.94. The highest BCUT2D eigenvalue weighted by atomic mass is 16.5. The van der Waals surface area contributed by atoms with E-state index in [4.69, 9.17) is 9.15 Å². The Kier molecular flexibility index (Phi) is 5.84. The Bertz CT molecular complexity index is 980. The molecular formula is C23H22O5. The quantitative estimate of drug-likeness (QED) is 0.431. The molecule has 0 aliphatic carbocycles. The summed E-state index contributed by atoms with van der Waals surface area (Å²) in [6, 6.07) is 15.3. The van der Waals surface area contributed by atoms with Gasteiger partial charge in [0.25, 0.3) is 0 Å². The summed E-state index contributed by atoms with van der Waals surface area (Å²) < 4.78 is 11.4. The Hall–Kier alpha value is -3.47. The number of phenols is 2. The third-order valence-electron chi connectivity index (χ3n) is 4.26. The molecule has 2 N–H and O–H groups in total. The average Bonchev–Trinajstić information content (AvgIpc) is 3.12. The van der Waals surface area contributed by atoms with Gasteiger partial charge in [-0.2, -0.15) is 0 Å². The lowest BCUT2D eigenvalue weighted by Gasteiger charge is -2.07. The fraction of sp³-hybridized carbons (Fsp3) is 0.174. The van der Waals surface area contributed by atoms with Crippen LogP contribution in [0.5, 0.6) is 17.2 Å². The number of allylic oxidation sites excluding steroid dienone is 1. The number of hydrogen-bond acceptors (Lipinski definition) is 5. The van der Waals surface area contributed by atoms with Gasteiger partial charge in [0.1, 0.15) is 35.4 Å². The van der Waals surface area contributed by atoms with Crippen LogP contribution in [0.4, 0.5) is 0 Å². The minimum absolute atomic E-state index is 0.104. The Morgan fingerprint density at radius 1 is 1.07 bits per heavy atom. The maximum absolute atomic E-state index is 12.1. The maximum atomic E-state index is 12.1. The van der Waals surface area contributed by atoms with E-state index in [-0.39, 0.29) is 23.7 Å². The van der Waals surface area contributed by atoms with E-state index in [9.17, 15) is 15.0 Å². The first kappa shape index (κ1) is 19.3. The number of aromatic hydroxyl groups is 2. The van der Waals surface area contributed by atoms with E-state index >= 15 is 0 Å². The monoisotopic (exact) mass is 378 g/mol. The van der Waals surface area contributed by atoms with Crippen LogP contribution in [0.25, 0.3) is 6.08 Å². The number of hydrogen-bond donors (Lipinski definition) is 2. The molecule has 0 aliphatic rings. The van der Waals surface area contributed by atoms with Crippen molar-refractivity contribution >= 4 is 11.9 Å². The molecule has 3 aromatic rings. The number of rotatable bonds is 7. The Balaban J connectivity index is 1.59. The van der Waals surface area contributed by atoms with Gasteiger partial charge in [0, 0.05) is 6.07 Å². The second-order valence-corrected chi connectivity index (χ2v) is 6.72. The summed E-state index contributed by atoms with van der Waals surface area (Å²) in [5.41, 5.74) is 1.36. The molecule has 1 heterocycles. The zero-order chi connectivity index (χ0) is 20.1. The number of furan rings is 1. The van der Waals surface area contributed by atoms with Crippen molar-refractivity contribution < 1.29 is 24.2 Å². The molecule has 0 fully saturated rings. The van der Waals surface area contributed by atoms with E-state index in [2.05, 4.69) is 13.8 Å². The van der Waals surface area contributed by atoms with Crippen LogP contribution in [0.15, 0.2) is 65.1 Å². The number of ether oxygens (including phenoxy) is 1. The van der Waals surface area contributed by atoms with Crippen molar-refractivity contribution in [2.45, 2.75) is 26.4 Å². The summed E-state index contributed by atoms with van der Waals surface area (Å²) in [5, 5.41) is 19.0. The molecule has 0 saturated heterocycles. The number of ketones is 1. The van der Waals surface area contributed by atoms with Gasteiger partial charge in [-0.25, -0.2) is 0 Å². The van der Waals surface area contributed by atoms with Crippen LogP contribution in [0.3, 0.4) is 0 Å². The normalized spacial score (nSPS) is 11.2. The van der Waals surface area contributed by atoms with Crippen LogP contribution in [-0.4, -0.2) is 16.0 Å². The van der Waals surface area contributed by atoms with Gasteiger partial charge in [-0.1, -0.05) is 26.0 Å². The van der Waals surface area contributed by atoms with Gasteiger partial charge >= 0.3 is 0 Å². The molecule has 5 nitrogen and oxygen atoms in total. The summed E-state index contributed by atoms with van der Waals surface area (Å²) in [5.74, 6) is 1.60. The molecule has 0 aliphatic heterocycles. The van der Waals surface area contributed by atoms with E-state index in [1.807, 2.05) is 24.3 Å². The average molecular weight is 378 g/mol. The predicted molar refractivity (Wildman–Crippen MR) is 107 cm³/mol. The second-order valence-electron chi connectivity index (χ2n) is 6.72. The zero-order valence-corrected chi connectivity index (χ0v) is 15.8. The SMILES string of the molecule is CC(C)c1ccc(OCc2ccc(/C=C/C(=O)c3ccc(O)cc3O)o2)cc1. The van der Waals surface area contributed by atoms with E-state index < -0.39 is 5.78 Å². The number of benzene rings is 2. The van der Waals surface area contributed by atoms with Crippen LogP contribution in [0.2, 0.25) is 0 Å². The maximum Gasteiger partial charge on any atom is 0.189 e. The van der Waals surface area contributed by atoms with E-state index in [1.165, 1.54) is 29.8 Å². The Labute approximate surface area is 163 Å². The molecule has 0 bridgehead atoms. The second kappa shape index (κ2) is 8.48. The predicted octanol–water partition coefficient (Wildman–Crippen LogP) is 5.29. The fourth-order valence-corrected chi connectivity index (χ4v) is 2.64. The van der Waals surface area contributed by atoms with E-state index in [0.29, 0.717) is 17.4 Å². The summed E-state index contributed by atoms with van der Waals surface area (Å²) in [6.07, 6.45) is 2.83. The van der Waals surface area contributed by atoms with Gasteiger partial charge in [0.05, 0.1) is 5.56 Å². The first-order valence-electron chi connectivity index (χ1n) is 8.98. The van der Waals surface area contributed by atoms with Gasteiger partial charge in [-0.05, 0) is 60.0 Å². The summed E-state index contributed by atoms with van der Waals surface area (Å²) in [4.78, 5) is 12.1. The lowest BCUT2D eigenvalue weighted by molar-refractivity contribution is 0.104. The van der Waals surface area contributed by atoms with E-state index in [1.54, 1.807) is 12.1 Å². The van der Waals surface area contributed by atoms with Crippen LogP contribution >= 0.6 is 0 Å². The summed E-state index contributed by atoms with van der Waals surface area (Å²) in [6.45, 7) is 4.56. The van der Waals surface area contributed by atoms with Crippen molar-refractivity contribution in [1.29, 1.82) is 0 Å². The van der Waals surface area contributed by atoms with Crippen LogP contribution in [0.1, 0.15) is 47.2 Å². The molecular weight excluding hydrogens is 356 g/mol. The van der Waals surface area contributed by atoms with Gasteiger partial charge in [0.15, 0.2) is 5.78 Å². The van der Waals surface area contributed by atoms with Crippen LogP contribution in [-0.2, 0) is 6.61 Å². The molecule has 0 atom stereocenters. The van der Waals surface area contributed by atoms with Gasteiger partial charge in [-0.15, -0.1) is 0 Å². The minimum atomic E-state index is -0.392. The van der Waals surface area contributed by atoms with Gasteiger partial charge in [-0.3, -0.25) is 4.79 Å². The molecule has 3 rings (SSSR count). The van der Waals surface area contributed by atoms with Crippen molar-refractivity contribution in [2.24, 2.45) is 0 Å². The van der Waals surface area contributed by atoms with Crippen molar-refractivity contribution in [1.82, 2.24) is 0 Å². The third kappa shape index (κ3) is 4.82. The molecule has 1 aromatic heterocycles. The van der Waals surface area contributed by atoms with Crippen LogP contribution in [0, 0.1) is 0 Å². The summed E-state index contributed by atoms with van der Waals surface area (Å²) >= 11 is 0. The molecule has 0 saturated carbocycles. The molecule has 28 heavy (non-hydrogen) atoms. The first-order valence-corrected chi connectivity index (χ1v) is 8.98. The lowest BCUT2D eigenvalue weighted by atomic mass is 10.0. The highest BCUT2D eigenvalue weighted by molar-refractivity contribution is 6.08. The molecule has 0 amide bonds. The zero-order valence-electron chi connectivity index (χ0n) is 15.8.